The fraction of sp³-hybridized carbons (Fsp3) is 0. The van der Waals surface area contributed by atoms with Gasteiger partial charge in [0.05, 0.1) is 0 Å². The van der Waals surface area contributed by atoms with Crippen LogP contribution in [0.1, 0.15) is 10.5 Å². The predicted molar refractivity (Wildman–Crippen MR) is 38.2 cm³/mol. The zero-order valence-corrected chi connectivity index (χ0v) is 5.96. The van der Waals surface area contributed by atoms with Gasteiger partial charge < -0.3 is 4.98 Å². The van der Waals surface area contributed by atoms with Crippen molar-refractivity contribution in [3.63, 3.8) is 0 Å². The second-order valence-corrected chi connectivity index (χ2v) is 2.26. The van der Waals surface area contributed by atoms with Crippen LogP contribution in [0.4, 0.5) is 5.82 Å². The van der Waals surface area contributed by atoms with Gasteiger partial charge in [0.25, 0.3) is 5.91 Å². The van der Waals surface area contributed by atoms with Gasteiger partial charge in [-0.25, -0.2) is 4.99 Å². The van der Waals surface area contributed by atoms with Crippen molar-refractivity contribution in [1.82, 2.24) is 15.3 Å². The van der Waals surface area contributed by atoms with Crippen molar-refractivity contribution in [1.29, 1.82) is 0 Å². The SMILES string of the molecule is O=C1[N]C=Nc2nc(Cl)[nH]c21. The molecule has 11 heavy (non-hydrogen) atoms. The number of hydrogen-bond acceptors (Lipinski definition) is 3. The molecule has 0 bridgehead atoms. The summed E-state index contributed by atoms with van der Waals surface area (Å²) in [7, 11) is 0. The Morgan fingerprint density at radius 1 is 1.55 bits per heavy atom. The first-order chi connectivity index (χ1) is 5.27. The second-order valence-electron chi connectivity index (χ2n) is 1.91. The number of fused-ring (bicyclic) bond motifs is 1. The molecule has 1 aliphatic rings. The van der Waals surface area contributed by atoms with Crippen LogP contribution >= 0.6 is 11.6 Å². The van der Waals surface area contributed by atoms with Crippen LogP contribution in [0.25, 0.3) is 0 Å². The van der Waals surface area contributed by atoms with E-state index in [1.807, 2.05) is 0 Å². The second kappa shape index (κ2) is 2.06. The van der Waals surface area contributed by atoms with E-state index in [9.17, 15) is 4.79 Å². The van der Waals surface area contributed by atoms with Crippen LogP contribution in [0.3, 0.4) is 0 Å². The van der Waals surface area contributed by atoms with Crippen LogP contribution in [0.2, 0.25) is 5.28 Å². The van der Waals surface area contributed by atoms with E-state index in [1.165, 1.54) is 0 Å². The van der Waals surface area contributed by atoms with Crippen LogP contribution < -0.4 is 5.32 Å². The number of halogens is 1. The number of amides is 1. The minimum Gasteiger partial charge on any atom is -0.323 e. The maximum atomic E-state index is 10.9. The quantitative estimate of drug-likeness (QED) is 0.614. The smallest absolute Gasteiger partial charge is 0.298 e. The number of nitrogens with one attached hydrogen (secondary N) is 1. The molecule has 6 heteroatoms. The number of aliphatic imine (C=N–C) groups is 1. The lowest BCUT2D eigenvalue weighted by Crippen LogP contribution is -2.17. The molecular formula is C5H2ClN4O. The van der Waals surface area contributed by atoms with Crippen LogP contribution in [-0.4, -0.2) is 22.2 Å². The largest absolute Gasteiger partial charge is 0.323 e. The highest BCUT2D eigenvalue weighted by Gasteiger charge is 2.19. The molecule has 1 aromatic rings. The molecule has 1 N–H and O–H groups in total. The van der Waals surface area contributed by atoms with E-state index in [2.05, 4.69) is 20.3 Å². The molecule has 0 aromatic carbocycles. The summed E-state index contributed by atoms with van der Waals surface area (Å²) >= 11 is 5.48. The van der Waals surface area contributed by atoms with E-state index in [1.54, 1.807) is 0 Å². The van der Waals surface area contributed by atoms with E-state index in [0.717, 1.165) is 6.34 Å². The number of H-pyrrole nitrogens is 1. The highest BCUT2D eigenvalue weighted by atomic mass is 35.5. The van der Waals surface area contributed by atoms with Gasteiger partial charge in [0.1, 0.15) is 6.34 Å². The van der Waals surface area contributed by atoms with Crippen LogP contribution in [0, 0.1) is 0 Å². The highest BCUT2D eigenvalue weighted by Crippen LogP contribution is 2.20. The molecule has 0 saturated heterocycles. The number of nitrogens with zero attached hydrogens (tertiary/aromatic N) is 3. The van der Waals surface area contributed by atoms with Crippen molar-refractivity contribution in [2.24, 2.45) is 4.99 Å². The number of aromatic nitrogens is 2. The summed E-state index contributed by atoms with van der Waals surface area (Å²) in [6.07, 6.45) is 1.15. The molecule has 0 spiro atoms. The first-order valence-corrected chi connectivity index (χ1v) is 3.18. The lowest BCUT2D eigenvalue weighted by molar-refractivity contribution is 0.0970. The molecule has 1 aliphatic heterocycles. The third-order valence-corrected chi connectivity index (χ3v) is 1.40. The van der Waals surface area contributed by atoms with Crippen molar-refractivity contribution >= 4 is 29.7 Å². The Kier molecular flexibility index (Phi) is 1.19. The Hall–Kier alpha value is -1.36. The third kappa shape index (κ3) is 0.894. The standard InChI is InChI=1S/C5H2ClN4O/c6-5-9-2-3(10-5)7-1-8-4(2)11/h1H,(H,9,10). The monoisotopic (exact) mass is 169 g/mol. The summed E-state index contributed by atoms with van der Waals surface area (Å²) < 4.78 is 0. The van der Waals surface area contributed by atoms with E-state index < -0.39 is 5.91 Å². The highest BCUT2D eigenvalue weighted by molar-refractivity contribution is 6.29. The lowest BCUT2D eigenvalue weighted by Gasteiger charge is -1.98. The minimum atomic E-state index is -0.394. The first kappa shape index (κ1) is 6.36. The molecule has 1 amide bonds. The number of carbonyl (C=O) groups excluding carboxylic acids is 1. The number of hydrogen-bond donors (Lipinski definition) is 1. The molecule has 1 aromatic heterocycles. The van der Waals surface area contributed by atoms with Crippen molar-refractivity contribution in [2.45, 2.75) is 0 Å². The summed E-state index contributed by atoms with van der Waals surface area (Å²) in [4.78, 5) is 20.9. The molecule has 55 valence electrons. The van der Waals surface area contributed by atoms with Crippen molar-refractivity contribution in [2.75, 3.05) is 0 Å². The van der Waals surface area contributed by atoms with Gasteiger partial charge in [-0.15, -0.1) is 0 Å². The fourth-order valence-electron chi connectivity index (χ4n) is 0.779. The maximum Gasteiger partial charge on any atom is 0.298 e. The van der Waals surface area contributed by atoms with E-state index in [-0.39, 0.29) is 11.0 Å². The summed E-state index contributed by atoms with van der Waals surface area (Å²) in [5, 5.41) is 3.57. The van der Waals surface area contributed by atoms with E-state index >= 15 is 0 Å². The Morgan fingerprint density at radius 3 is 3.09 bits per heavy atom. The van der Waals surface area contributed by atoms with Crippen molar-refractivity contribution in [3.8, 4) is 0 Å². The predicted octanol–water partition coefficient (Wildman–Crippen LogP) is 0.481. The molecule has 0 saturated carbocycles. The zero-order valence-electron chi connectivity index (χ0n) is 5.21. The third-order valence-electron chi connectivity index (χ3n) is 1.22. The summed E-state index contributed by atoms with van der Waals surface area (Å²) in [5.41, 5.74) is 0.248. The lowest BCUT2D eigenvalue weighted by atomic mass is 10.4. The molecule has 5 nitrogen and oxygen atoms in total. The fourth-order valence-corrected chi connectivity index (χ4v) is 0.953. The Balaban J connectivity index is 2.62. The molecular weight excluding hydrogens is 168 g/mol. The van der Waals surface area contributed by atoms with E-state index in [4.69, 9.17) is 11.6 Å². The van der Waals surface area contributed by atoms with Crippen molar-refractivity contribution in [3.05, 3.63) is 11.0 Å². The maximum absolute atomic E-state index is 10.9. The minimum absolute atomic E-state index is 0.151. The van der Waals surface area contributed by atoms with Gasteiger partial charge in [0.15, 0.2) is 11.5 Å². The Labute approximate surface area is 66.5 Å². The molecule has 2 rings (SSSR count). The van der Waals surface area contributed by atoms with Gasteiger partial charge in [0.2, 0.25) is 5.28 Å². The van der Waals surface area contributed by atoms with Crippen molar-refractivity contribution < 1.29 is 4.79 Å². The molecule has 1 radical (unpaired) electrons. The molecule has 0 atom stereocenters. The van der Waals surface area contributed by atoms with Gasteiger partial charge in [-0.05, 0) is 11.6 Å². The number of aromatic amines is 1. The van der Waals surface area contributed by atoms with Crippen LogP contribution in [0.5, 0.6) is 0 Å². The van der Waals surface area contributed by atoms with Gasteiger partial charge in [-0.3, -0.25) is 4.79 Å². The Morgan fingerprint density at radius 2 is 2.36 bits per heavy atom. The Bertz CT molecular complexity index is 342. The zero-order chi connectivity index (χ0) is 7.84. The van der Waals surface area contributed by atoms with Gasteiger partial charge in [0, 0.05) is 0 Å². The average molecular weight is 170 g/mol. The normalized spacial score (nSPS) is 14.5. The van der Waals surface area contributed by atoms with Crippen LogP contribution in [0.15, 0.2) is 4.99 Å². The number of rotatable bonds is 0. The summed E-state index contributed by atoms with van der Waals surface area (Å²) in [6.45, 7) is 0. The average Bonchev–Trinajstić information content (AvgIpc) is 2.31. The number of imidazole rings is 1. The van der Waals surface area contributed by atoms with Gasteiger partial charge in [-0.2, -0.15) is 10.3 Å². The molecule has 2 heterocycles. The molecule has 0 unspecified atom stereocenters. The summed E-state index contributed by atoms with van der Waals surface area (Å²) in [5.74, 6) is -0.0931. The first-order valence-electron chi connectivity index (χ1n) is 2.80. The number of carbonyl (C=O) groups is 1. The topological polar surface area (TPSA) is 72.2 Å². The van der Waals surface area contributed by atoms with Gasteiger partial charge >= 0.3 is 0 Å². The molecule has 0 aliphatic carbocycles. The van der Waals surface area contributed by atoms with Gasteiger partial charge in [-0.1, -0.05) is 0 Å². The summed E-state index contributed by atoms with van der Waals surface area (Å²) in [6, 6.07) is 0. The molecule has 0 fully saturated rings. The van der Waals surface area contributed by atoms with Crippen LogP contribution in [-0.2, 0) is 0 Å². The van der Waals surface area contributed by atoms with E-state index in [0.29, 0.717) is 5.82 Å².